The van der Waals surface area contributed by atoms with Gasteiger partial charge in [-0.3, -0.25) is 0 Å². The lowest BCUT2D eigenvalue weighted by atomic mass is 9.62. The normalized spacial score (nSPS) is 31.4. The molecule has 2 fully saturated rings. The fraction of sp³-hybridized carbons (Fsp3) is 0.667. The summed E-state index contributed by atoms with van der Waals surface area (Å²) in [6.07, 6.45) is 19.3. The molecule has 2 saturated carbocycles. The van der Waals surface area contributed by atoms with Gasteiger partial charge in [0.15, 0.2) is 0 Å². The fourth-order valence-corrected chi connectivity index (χ4v) is 5.97. The van der Waals surface area contributed by atoms with Crippen LogP contribution in [0.15, 0.2) is 59.3 Å². The molecule has 3 N–H and O–H groups in total. The Labute approximate surface area is 202 Å². The third-order valence-electron chi connectivity index (χ3n) is 8.34. The van der Waals surface area contributed by atoms with Crippen molar-refractivity contribution in [1.29, 1.82) is 0 Å². The van der Waals surface area contributed by atoms with Crippen LogP contribution in [0.25, 0.3) is 0 Å². The Kier molecular flexibility index (Phi) is 10.4. The van der Waals surface area contributed by atoms with Gasteiger partial charge >= 0.3 is 0 Å². The van der Waals surface area contributed by atoms with Gasteiger partial charge in [0.2, 0.25) is 0 Å². The van der Waals surface area contributed by atoms with Crippen molar-refractivity contribution in [2.75, 3.05) is 6.61 Å². The maximum atomic E-state index is 10.2. The van der Waals surface area contributed by atoms with Gasteiger partial charge in [-0.2, -0.15) is 0 Å². The zero-order valence-corrected chi connectivity index (χ0v) is 21.7. The smallest absolute Gasteiger partial charge is 0.0819 e. The second-order valence-electron chi connectivity index (χ2n) is 10.6. The molecule has 0 saturated heterocycles. The summed E-state index contributed by atoms with van der Waals surface area (Å²) in [4.78, 5) is 0. The van der Waals surface area contributed by atoms with E-state index in [-0.39, 0.29) is 6.61 Å². The lowest BCUT2D eigenvalue weighted by Crippen LogP contribution is -2.32. The molecule has 0 radical (unpaired) electrons. The van der Waals surface area contributed by atoms with Gasteiger partial charge in [-0.1, -0.05) is 81.7 Å². The first-order valence-electron chi connectivity index (χ1n) is 13.1. The molecule has 3 aliphatic carbocycles. The second-order valence-corrected chi connectivity index (χ2v) is 10.6. The first-order chi connectivity index (χ1) is 15.6. The quantitative estimate of drug-likeness (QED) is 0.384. The van der Waals surface area contributed by atoms with Gasteiger partial charge in [0.05, 0.1) is 18.3 Å². The molecule has 3 heteroatoms. The predicted octanol–water partition coefficient (Wildman–Crippen LogP) is 6.82. The van der Waals surface area contributed by atoms with Gasteiger partial charge in [-0.05, 0) is 80.6 Å². The molecule has 3 unspecified atom stereocenters. The van der Waals surface area contributed by atoms with E-state index in [1.54, 1.807) is 23.3 Å². The number of allylic oxidation sites excluding steroid dienone is 5. The highest BCUT2D eigenvalue weighted by atomic mass is 16.3. The van der Waals surface area contributed by atoms with Gasteiger partial charge < -0.3 is 15.3 Å². The topological polar surface area (TPSA) is 60.7 Å². The molecule has 0 amide bonds. The van der Waals surface area contributed by atoms with Crippen LogP contribution >= 0.6 is 0 Å². The molecule has 3 nitrogen and oxygen atoms in total. The van der Waals surface area contributed by atoms with Gasteiger partial charge in [-0.15, -0.1) is 6.58 Å². The minimum Gasteiger partial charge on any atom is -0.392 e. The molecular formula is C30H48O3. The minimum absolute atomic E-state index is 0.0287. The highest BCUT2D eigenvalue weighted by Gasteiger charge is 2.45. The number of aliphatic hydroxyl groups is 3. The fourth-order valence-electron chi connectivity index (χ4n) is 5.97. The number of hydrogen-bond donors (Lipinski definition) is 3. The standard InChI is InChI=1S/C23H34O2.C7H14O/c1-16(2)20-10-11-21-18(5-4-13-23(20,21)3)8-6-17-7-9-19(12-14-24)22(25)15-17;1-4-7(8,5-2)6-3/h6,8,10,12,16,21-22,24-25H,4-5,7,9,11,13-15H2,1-3H3;4,8H,1,5-6H2,2-3H3/b17-6-,18-8+,19-12-;. The number of aliphatic hydroxyl groups excluding tert-OH is 2. The Morgan fingerprint density at radius 2 is 1.85 bits per heavy atom. The average molecular weight is 457 g/mol. The Balaban J connectivity index is 0.000000414. The van der Waals surface area contributed by atoms with Crippen molar-refractivity contribution >= 4 is 0 Å². The molecule has 0 aromatic rings. The SMILES string of the molecule is C=CC(O)(CC)CC.CC(C)C1=CCC2/C(=C/C=C3/CC/C(=C/CO)C(O)C3)CCCC12C. The van der Waals surface area contributed by atoms with Crippen molar-refractivity contribution in [2.24, 2.45) is 17.3 Å². The molecule has 3 aliphatic rings. The first-order valence-corrected chi connectivity index (χ1v) is 13.1. The predicted molar refractivity (Wildman–Crippen MR) is 140 cm³/mol. The van der Waals surface area contributed by atoms with E-state index in [9.17, 15) is 10.2 Å². The Bertz CT molecular complexity index is 778. The van der Waals surface area contributed by atoms with Gasteiger partial charge in [-0.25, -0.2) is 0 Å². The van der Waals surface area contributed by atoms with E-state index in [2.05, 4.69) is 45.6 Å². The molecule has 33 heavy (non-hydrogen) atoms. The largest absolute Gasteiger partial charge is 0.392 e. The molecule has 0 aromatic carbocycles. The maximum Gasteiger partial charge on any atom is 0.0819 e. The summed E-state index contributed by atoms with van der Waals surface area (Å²) in [5.41, 5.74) is 5.37. The van der Waals surface area contributed by atoms with E-state index in [1.807, 2.05) is 13.8 Å². The summed E-state index contributed by atoms with van der Waals surface area (Å²) in [5, 5.41) is 28.6. The molecular weight excluding hydrogens is 408 g/mol. The highest BCUT2D eigenvalue weighted by molar-refractivity contribution is 5.35. The molecule has 0 aliphatic heterocycles. The van der Waals surface area contributed by atoms with Crippen LogP contribution in [0.3, 0.4) is 0 Å². The molecule has 0 aromatic heterocycles. The Morgan fingerprint density at radius 3 is 2.36 bits per heavy atom. The van der Waals surface area contributed by atoms with Crippen molar-refractivity contribution in [2.45, 2.75) is 104 Å². The Morgan fingerprint density at radius 1 is 1.15 bits per heavy atom. The van der Waals surface area contributed by atoms with Crippen LogP contribution in [0, 0.1) is 17.3 Å². The molecule has 186 valence electrons. The van der Waals surface area contributed by atoms with Crippen LogP contribution in [0.1, 0.15) is 92.4 Å². The van der Waals surface area contributed by atoms with Crippen LogP contribution < -0.4 is 0 Å². The molecule has 3 rings (SSSR count). The third kappa shape index (κ3) is 6.81. The molecule has 0 bridgehead atoms. The van der Waals surface area contributed by atoms with Crippen LogP contribution in [0.2, 0.25) is 0 Å². The summed E-state index contributed by atoms with van der Waals surface area (Å²) in [6.45, 7) is 14.6. The summed E-state index contributed by atoms with van der Waals surface area (Å²) >= 11 is 0. The average Bonchev–Trinajstić information content (AvgIpc) is 3.17. The molecule has 3 atom stereocenters. The highest BCUT2D eigenvalue weighted by Crippen LogP contribution is 2.56. The first kappa shape index (κ1) is 27.8. The van der Waals surface area contributed by atoms with Gasteiger partial charge in [0, 0.05) is 0 Å². The summed E-state index contributed by atoms with van der Waals surface area (Å²) in [7, 11) is 0. The van der Waals surface area contributed by atoms with Crippen molar-refractivity contribution in [3.05, 3.63) is 59.3 Å². The lowest BCUT2D eigenvalue weighted by Gasteiger charge is -2.42. The van der Waals surface area contributed by atoms with E-state index in [1.165, 1.54) is 31.3 Å². The summed E-state index contributed by atoms with van der Waals surface area (Å²) < 4.78 is 0. The Hall–Kier alpha value is -1.42. The van der Waals surface area contributed by atoms with Crippen LogP contribution in [-0.4, -0.2) is 33.6 Å². The monoisotopic (exact) mass is 456 g/mol. The lowest BCUT2D eigenvalue weighted by molar-refractivity contribution is 0.0832. The van der Waals surface area contributed by atoms with Gasteiger partial charge in [0.25, 0.3) is 0 Å². The zero-order valence-electron chi connectivity index (χ0n) is 21.7. The van der Waals surface area contributed by atoms with Crippen molar-refractivity contribution in [3.8, 4) is 0 Å². The van der Waals surface area contributed by atoms with Gasteiger partial charge in [0.1, 0.15) is 0 Å². The van der Waals surface area contributed by atoms with E-state index < -0.39 is 11.7 Å². The van der Waals surface area contributed by atoms with Crippen molar-refractivity contribution in [1.82, 2.24) is 0 Å². The van der Waals surface area contributed by atoms with E-state index in [0.717, 1.165) is 31.3 Å². The third-order valence-corrected chi connectivity index (χ3v) is 8.34. The second kappa shape index (κ2) is 12.3. The van der Waals surface area contributed by atoms with Crippen molar-refractivity contribution < 1.29 is 15.3 Å². The van der Waals surface area contributed by atoms with Crippen LogP contribution in [-0.2, 0) is 0 Å². The van der Waals surface area contributed by atoms with Crippen LogP contribution in [0.4, 0.5) is 0 Å². The number of rotatable bonds is 6. The van der Waals surface area contributed by atoms with Crippen LogP contribution in [0.5, 0.6) is 0 Å². The van der Waals surface area contributed by atoms with Crippen molar-refractivity contribution in [3.63, 3.8) is 0 Å². The van der Waals surface area contributed by atoms with E-state index >= 15 is 0 Å². The minimum atomic E-state index is -0.611. The number of fused-ring (bicyclic) bond motifs is 1. The van der Waals surface area contributed by atoms with E-state index in [0.29, 0.717) is 23.7 Å². The molecule has 0 heterocycles. The molecule has 0 spiro atoms. The zero-order chi connectivity index (χ0) is 24.6. The maximum absolute atomic E-state index is 10.2. The number of hydrogen-bond acceptors (Lipinski definition) is 3. The summed E-state index contributed by atoms with van der Waals surface area (Å²) in [6, 6.07) is 0. The summed E-state index contributed by atoms with van der Waals surface area (Å²) in [5.74, 6) is 1.33. The van der Waals surface area contributed by atoms with E-state index in [4.69, 9.17) is 5.11 Å².